The molecule has 0 bridgehead atoms. The lowest BCUT2D eigenvalue weighted by molar-refractivity contribution is -0.150. The molecule has 0 aromatic heterocycles. The molecule has 0 spiro atoms. The number of esters is 1. The van der Waals surface area contributed by atoms with Gasteiger partial charge in [-0.05, 0) is 23.3 Å². The average molecular weight is 384 g/mol. The number of hydrogen-bond donors (Lipinski definition) is 0. The molecule has 0 saturated carbocycles. The molecule has 5 rings (SSSR count). The van der Waals surface area contributed by atoms with Crippen molar-refractivity contribution in [2.75, 3.05) is 6.61 Å². The minimum atomic E-state index is -0.827. The van der Waals surface area contributed by atoms with Crippen LogP contribution < -0.4 is 9.47 Å². The van der Waals surface area contributed by atoms with Gasteiger partial charge in [0, 0.05) is 23.1 Å². The fourth-order valence-electron chi connectivity index (χ4n) is 3.93. The summed E-state index contributed by atoms with van der Waals surface area (Å²) >= 11 is 0. The number of benzene rings is 3. The molecular formula is C25H20O4. The maximum absolute atomic E-state index is 13.1. The Morgan fingerprint density at radius 1 is 0.862 bits per heavy atom. The second-order valence-electron chi connectivity index (χ2n) is 7.07. The predicted octanol–water partition coefficient (Wildman–Crippen LogP) is 4.88. The summed E-state index contributed by atoms with van der Waals surface area (Å²) in [6, 6.07) is 25.3. The Morgan fingerprint density at radius 3 is 2.38 bits per heavy atom. The van der Waals surface area contributed by atoms with E-state index in [9.17, 15) is 4.79 Å². The van der Waals surface area contributed by atoms with Crippen molar-refractivity contribution in [1.82, 2.24) is 0 Å². The predicted molar refractivity (Wildman–Crippen MR) is 110 cm³/mol. The SMILES string of the molecule is O=C(OCc1ccccc1)C1Oc2ccccc2C2=C1c1ccccc1OCC2. The normalized spacial score (nSPS) is 17.0. The van der Waals surface area contributed by atoms with E-state index in [0.29, 0.717) is 18.8 Å². The van der Waals surface area contributed by atoms with E-state index in [2.05, 4.69) is 0 Å². The smallest absolute Gasteiger partial charge is 0.352 e. The topological polar surface area (TPSA) is 44.8 Å². The van der Waals surface area contributed by atoms with Crippen LogP contribution in [0.1, 0.15) is 23.1 Å². The largest absolute Gasteiger partial charge is 0.493 e. The Hall–Kier alpha value is -3.53. The van der Waals surface area contributed by atoms with Crippen molar-refractivity contribution >= 4 is 17.1 Å². The zero-order chi connectivity index (χ0) is 19.6. The van der Waals surface area contributed by atoms with Gasteiger partial charge in [-0.3, -0.25) is 0 Å². The number of hydrogen-bond acceptors (Lipinski definition) is 4. The second kappa shape index (κ2) is 7.47. The minimum absolute atomic E-state index is 0.210. The van der Waals surface area contributed by atoms with Crippen molar-refractivity contribution < 1.29 is 19.0 Å². The first-order valence-corrected chi connectivity index (χ1v) is 9.73. The van der Waals surface area contributed by atoms with Crippen LogP contribution in [0.3, 0.4) is 0 Å². The molecule has 0 radical (unpaired) electrons. The van der Waals surface area contributed by atoms with Gasteiger partial charge in [0.1, 0.15) is 18.1 Å². The van der Waals surface area contributed by atoms with Crippen molar-refractivity contribution in [2.45, 2.75) is 19.1 Å². The molecule has 2 aliphatic heterocycles. The Morgan fingerprint density at radius 2 is 1.55 bits per heavy atom. The van der Waals surface area contributed by atoms with Gasteiger partial charge in [0.15, 0.2) is 0 Å². The Kier molecular flexibility index (Phi) is 4.53. The Labute approximate surface area is 169 Å². The van der Waals surface area contributed by atoms with Crippen LogP contribution in [-0.4, -0.2) is 18.7 Å². The van der Waals surface area contributed by atoms with E-state index in [1.807, 2.05) is 78.9 Å². The third-order valence-corrected chi connectivity index (χ3v) is 5.27. The van der Waals surface area contributed by atoms with Crippen molar-refractivity contribution in [3.05, 3.63) is 95.6 Å². The van der Waals surface area contributed by atoms with E-state index in [4.69, 9.17) is 14.2 Å². The molecule has 29 heavy (non-hydrogen) atoms. The average Bonchev–Trinajstić information content (AvgIpc) is 2.98. The van der Waals surface area contributed by atoms with Crippen LogP contribution in [0, 0.1) is 0 Å². The van der Waals surface area contributed by atoms with Gasteiger partial charge in [-0.2, -0.15) is 0 Å². The fraction of sp³-hybridized carbons (Fsp3) is 0.160. The third kappa shape index (κ3) is 3.27. The van der Waals surface area contributed by atoms with Crippen molar-refractivity contribution in [2.24, 2.45) is 0 Å². The Bertz CT molecular complexity index is 1080. The highest BCUT2D eigenvalue weighted by atomic mass is 16.6. The zero-order valence-electron chi connectivity index (χ0n) is 15.8. The van der Waals surface area contributed by atoms with Gasteiger partial charge >= 0.3 is 5.97 Å². The van der Waals surface area contributed by atoms with E-state index in [0.717, 1.165) is 33.6 Å². The number of rotatable bonds is 3. The third-order valence-electron chi connectivity index (χ3n) is 5.27. The van der Waals surface area contributed by atoms with Crippen LogP contribution in [-0.2, 0) is 16.1 Å². The van der Waals surface area contributed by atoms with Crippen LogP contribution in [0.15, 0.2) is 78.9 Å². The molecule has 2 heterocycles. The zero-order valence-corrected chi connectivity index (χ0v) is 15.8. The molecule has 0 fully saturated rings. The van der Waals surface area contributed by atoms with Gasteiger partial charge in [-0.1, -0.05) is 66.7 Å². The van der Waals surface area contributed by atoms with E-state index < -0.39 is 12.1 Å². The molecule has 1 atom stereocenters. The first-order valence-electron chi connectivity index (χ1n) is 9.73. The molecule has 0 N–H and O–H groups in total. The van der Waals surface area contributed by atoms with Crippen molar-refractivity contribution in [3.63, 3.8) is 0 Å². The maximum atomic E-state index is 13.1. The number of ether oxygens (including phenoxy) is 3. The molecule has 1 unspecified atom stereocenters. The summed E-state index contributed by atoms with van der Waals surface area (Å²) in [6.45, 7) is 0.762. The van der Waals surface area contributed by atoms with Crippen LogP contribution in [0.4, 0.5) is 0 Å². The monoisotopic (exact) mass is 384 g/mol. The fourth-order valence-corrected chi connectivity index (χ4v) is 3.93. The molecule has 144 valence electrons. The van der Waals surface area contributed by atoms with Crippen LogP contribution in [0.25, 0.3) is 11.1 Å². The summed E-state index contributed by atoms with van der Waals surface area (Å²) < 4.78 is 17.8. The number of fused-ring (bicyclic) bond motifs is 4. The van der Waals surface area contributed by atoms with Crippen molar-refractivity contribution in [3.8, 4) is 11.5 Å². The molecule has 3 aromatic rings. The molecule has 3 aromatic carbocycles. The van der Waals surface area contributed by atoms with E-state index in [1.54, 1.807) is 0 Å². The Balaban J connectivity index is 1.56. The molecule has 4 nitrogen and oxygen atoms in total. The standard InChI is InChI=1S/C25H20O4/c26-25(28-16-17-8-2-1-3-9-17)24-23-19(18-10-4-7-13-22(18)29-24)14-15-27-21-12-6-5-11-20(21)23/h1-13,24H,14-16H2. The lowest BCUT2D eigenvalue weighted by atomic mass is 9.87. The lowest BCUT2D eigenvalue weighted by Crippen LogP contribution is -2.33. The first-order chi connectivity index (χ1) is 14.3. The lowest BCUT2D eigenvalue weighted by Gasteiger charge is -2.29. The van der Waals surface area contributed by atoms with Gasteiger partial charge in [0.25, 0.3) is 0 Å². The van der Waals surface area contributed by atoms with Crippen LogP contribution >= 0.6 is 0 Å². The van der Waals surface area contributed by atoms with E-state index in [1.165, 1.54) is 0 Å². The van der Waals surface area contributed by atoms with Gasteiger partial charge in [0.05, 0.1) is 6.61 Å². The van der Waals surface area contributed by atoms with Gasteiger partial charge in [-0.25, -0.2) is 4.79 Å². The highest BCUT2D eigenvalue weighted by Gasteiger charge is 2.37. The number of carbonyl (C=O) groups is 1. The minimum Gasteiger partial charge on any atom is -0.493 e. The highest BCUT2D eigenvalue weighted by molar-refractivity contribution is 6.05. The van der Waals surface area contributed by atoms with E-state index >= 15 is 0 Å². The summed E-state index contributed by atoms with van der Waals surface area (Å²) in [4.78, 5) is 13.1. The summed E-state index contributed by atoms with van der Waals surface area (Å²) in [5.41, 5.74) is 4.76. The summed E-state index contributed by atoms with van der Waals surface area (Å²) in [5, 5.41) is 0. The second-order valence-corrected chi connectivity index (χ2v) is 7.07. The van der Waals surface area contributed by atoms with E-state index in [-0.39, 0.29) is 6.61 Å². The number of para-hydroxylation sites is 2. The maximum Gasteiger partial charge on any atom is 0.352 e. The van der Waals surface area contributed by atoms with Gasteiger partial charge < -0.3 is 14.2 Å². The summed E-state index contributed by atoms with van der Waals surface area (Å²) in [7, 11) is 0. The van der Waals surface area contributed by atoms with Crippen LogP contribution in [0.2, 0.25) is 0 Å². The molecule has 0 saturated heterocycles. The van der Waals surface area contributed by atoms with Crippen molar-refractivity contribution in [1.29, 1.82) is 0 Å². The van der Waals surface area contributed by atoms with Gasteiger partial charge in [-0.15, -0.1) is 0 Å². The quantitative estimate of drug-likeness (QED) is 0.604. The molecule has 0 amide bonds. The van der Waals surface area contributed by atoms with Crippen LogP contribution in [0.5, 0.6) is 11.5 Å². The first kappa shape index (κ1) is 17.6. The molecule has 2 aliphatic rings. The van der Waals surface area contributed by atoms with Gasteiger partial charge in [0.2, 0.25) is 6.10 Å². The molecular weight excluding hydrogens is 364 g/mol. The highest BCUT2D eigenvalue weighted by Crippen LogP contribution is 2.46. The molecule has 4 heteroatoms. The number of carbonyl (C=O) groups excluding carboxylic acids is 1. The summed E-state index contributed by atoms with van der Waals surface area (Å²) in [6.07, 6.45) is -0.126. The summed E-state index contributed by atoms with van der Waals surface area (Å²) in [5.74, 6) is 1.07. The molecule has 0 aliphatic carbocycles.